The molecular weight excluding hydrogens is 691 g/mol. The Morgan fingerprint density at radius 3 is 1.12 bits per heavy atom. The molecule has 0 spiro atoms. The van der Waals surface area contributed by atoms with Crippen molar-refractivity contribution >= 4 is 5.91 Å². The number of nitrogens with one attached hydrogen (secondary N) is 1. The van der Waals surface area contributed by atoms with Gasteiger partial charge in [-0.3, -0.25) is 4.79 Å². The van der Waals surface area contributed by atoms with Gasteiger partial charge in [-0.2, -0.15) is 0 Å². The number of allylic oxidation sites excluding steroid dienone is 4. The van der Waals surface area contributed by atoms with Crippen LogP contribution in [-0.4, -0.2) is 46.1 Å². The first kappa shape index (κ1) is 54.8. The molecule has 3 atom stereocenters. The van der Waals surface area contributed by atoms with Crippen LogP contribution in [0.1, 0.15) is 271 Å². The van der Waals surface area contributed by atoms with E-state index in [0.29, 0.717) is 12.8 Å². The van der Waals surface area contributed by atoms with Crippen molar-refractivity contribution in [3.63, 3.8) is 0 Å². The van der Waals surface area contributed by atoms with E-state index < -0.39 is 18.2 Å². The van der Waals surface area contributed by atoms with Crippen molar-refractivity contribution in [2.75, 3.05) is 6.61 Å². The van der Waals surface area contributed by atoms with Crippen LogP contribution in [0.4, 0.5) is 0 Å². The zero-order valence-electron chi connectivity index (χ0n) is 37.8. The fraction of sp³-hybridized carbons (Fsp3) is 0.902. The fourth-order valence-electron chi connectivity index (χ4n) is 7.91. The minimum absolute atomic E-state index is 0.0328. The minimum Gasteiger partial charge on any atom is -0.394 e. The van der Waals surface area contributed by atoms with E-state index in [1.54, 1.807) is 0 Å². The highest BCUT2D eigenvalue weighted by atomic mass is 16.3. The zero-order chi connectivity index (χ0) is 40.8. The van der Waals surface area contributed by atoms with Gasteiger partial charge in [0.25, 0.3) is 0 Å². The lowest BCUT2D eigenvalue weighted by Crippen LogP contribution is -2.46. The molecule has 5 nitrogen and oxygen atoms in total. The Morgan fingerprint density at radius 1 is 0.446 bits per heavy atom. The zero-order valence-corrected chi connectivity index (χ0v) is 37.8. The van der Waals surface area contributed by atoms with Gasteiger partial charge in [0, 0.05) is 0 Å². The summed E-state index contributed by atoms with van der Waals surface area (Å²) >= 11 is 0. The maximum Gasteiger partial charge on any atom is 0.222 e. The fourth-order valence-corrected chi connectivity index (χ4v) is 7.91. The minimum atomic E-state index is -0.751. The van der Waals surface area contributed by atoms with E-state index in [4.69, 9.17) is 0 Å². The topological polar surface area (TPSA) is 89.8 Å². The highest BCUT2D eigenvalue weighted by Crippen LogP contribution is 2.17. The number of aliphatic hydroxyl groups excluding tert-OH is 3. The van der Waals surface area contributed by atoms with Gasteiger partial charge in [0.1, 0.15) is 0 Å². The second-order valence-corrected chi connectivity index (χ2v) is 17.4. The van der Waals surface area contributed by atoms with Crippen LogP contribution in [0.2, 0.25) is 0 Å². The summed E-state index contributed by atoms with van der Waals surface area (Å²) in [5.74, 6) is -0.285. The SMILES string of the molecule is CCCCCCCCCCC/C=C\C/C=C\CCCCCCCCCC(O)CC(=O)NC(CO)C(O)CCCCCCCCCCCCCCCCCCCC. The molecule has 0 aliphatic carbocycles. The number of hydrogen-bond acceptors (Lipinski definition) is 4. The number of aliphatic hydroxyl groups is 3. The van der Waals surface area contributed by atoms with Gasteiger partial charge in [-0.1, -0.05) is 244 Å². The Morgan fingerprint density at radius 2 is 0.768 bits per heavy atom. The molecule has 1 amide bonds. The van der Waals surface area contributed by atoms with Crippen molar-refractivity contribution in [1.29, 1.82) is 0 Å². The first-order chi connectivity index (χ1) is 27.5. The summed E-state index contributed by atoms with van der Waals surface area (Å²) < 4.78 is 0. The molecule has 0 aliphatic rings. The summed E-state index contributed by atoms with van der Waals surface area (Å²) in [7, 11) is 0. The van der Waals surface area contributed by atoms with E-state index >= 15 is 0 Å². The van der Waals surface area contributed by atoms with Crippen molar-refractivity contribution in [3.8, 4) is 0 Å². The molecule has 0 radical (unpaired) electrons. The molecule has 332 valence electrons. The molecule has 0 aromatic carbocycles. The number of amides is 1. The van der Waals surface area contributed by atoms with Gasteiger partial charge in [-0.15, -0.1) is 0 Å². The van der Waals surface area contributed by atoms with Gasteiger partial charge in [0.2, 0.25) is 5.91 Å². The van der Waals surface area contributed by atoms with Crippen LogP contribution in [0.15, 0.2) is 24.3 Å². The predicted octanol–water partition coefficient (Wildman–Crippen LogP) is 14.9. The van der Waals surface area contributed by atoms with E-state index in [1.807, 2.05) is 0 Å². The Balaban J connectivity index is 3.59. The Kier molecular flexibility index (Phi) is 45.5. The predicted molar refractivity (Wildman–Crippen MR) is 245 cm³/mol. The number of unbranched alkanes of at least 4 members (excludes halogenated alkanes) is 33. The third-order valence-electron chi connectivity index (χ3n) is 11.8. The normalized spacial score (nSPS) is 13.6. The van der Waals surface area contributed by atoms with Crippen molar-refractivity contribution in [3.05, 3.63) is 24.3 Å². The van der Waals surface area contributed by atoms with E-state index in [0.717, 1.165) is 32.1 Å². The van der Waals surface area contributed by atoms with Crippen LogP contribution in [0.5, 0.6) is 0 Å². The Hall–Kier alpha value is -1.17. The van der Waals surface area contributed by atoms with E-state index in [2.05, 4.69) is 43.5 Å². The second-order valence-electron chi connectivity index (χ2n) is 17.4. The van der Waals surface area contributed by atoms with Gasteiger partial charge in [0.15, 0.2) is 0 Å². The van der Waals surface area contributed by atoms with Crippen molar-refractivity contribution in [2.45, 2.75) is 289 Å². The molecule has 0 bridgehead atoms. The van der Waals surface area contributed by atoms with Gasteiger partial charge < -0.3 is 20.6 Å². The first-order valence-corrected chi connectivity index (χ1v) is 25.1. The average Bonchev–Trinajstić information content (AvgIpc) is 3.19. The number of rotatable bonds is 46. The summed E-state index contributed by atoms with van der Waals surface area (Å²) in [6.45, 7) is 4.28. The lowest BCUT2D eigenvalue weighted by Gasteiger charge is -2.23. The van der Waals surface area contributed by atoms with Crippen LogP contribution in [0, 0.1) is 0 Å². The standard InChI is InChI=1S/C51H99NO4/c1-3-5-7-9-11-13-15-17-19-21-23-24-25-26-27-28-30-32-34-36-38-40-42-44-48(54)46-51(56)52-49(47-53)50(55)45-43-41-39-37-35-33-31-29-22-20-18-16-14-12-10-8-6-4-2/h23-24,26-27,48-50,53-55H,3-22,25,28-47H2,1-2H3,(H,52,56)/b24-23-,27-26-. The van der Waals surface area contributed by atoms with Crippen LogP contribution in [0.3, 0.4) is 0 Å². The lowest BCUT2D eigenvalue weighted by molar-refractivity contribution is -0.125. The molecule has 0 rings (SSSR count). The molecule has 0 aromatic heterocycles. The average molecular weight is 790 g/mol. The summed E-state index contributed by atoms with van der Waals surface area (Å²) in [4.78, 5) is 12.5. The molecule has 56 heavy (non-hydrogen) atoms. The molecule has 5 heteroatoms. The molecule has 0 saturated heterocycles. The summed E-state index contributed by atoms with van der Waals surface area (Å²) in [5, 5.41) is 33.5. The third kappa shape index (κ3) is 42.4. The smallest absolute Gasteiger partial charge is 0.222 e. The molecule has 0 heterocycles. The van der Waals surface area contributed by atoms with Crippen LogP contribution in [-0.2, 0) is 4.79 Å². The summed E-state index contributed by atoms with van der Waals surface area (Å²) in [6, 6.07) is -0.660. The van der Waals surface area contributed by atoms with Crippen LogP contribution in [0.25, 0.3) is 0 Å². The first-order valence-electron chi connectivity index (χ1n) is 25.1. The molecule has 0 saturated carbocycles. The largest absolute Gasteiger partial charge is 0.394 e. The van der Waals surface area contributed by atoms with Gasteiger partial charge in [-0.05, 0) is 44.9 Å². The lowest BCUT2D eigenvalue weighted by atomic mass is 10.0. The number of carbonyl (C=O) groups excluding carboxylic acids is 1. The highest BCUT2D eigenvalue weighted by Gasteiger charge is 2.21. The van der Waals surface area contributed by atoms with Crippen molar-refractivity contribution < 1.29 is 20.1 Å². The molecule has 0 aromatic rings. The van der Waals surface area contributed by atoms with Crippen LogP contribution < -0.4 is 5.32 Å². The van der Waals surface area contributed by atoms with E-state index in [9.17, 15) is 20.1 Å². The van der Waals surface area contributed by atoms with Crippen molar-refractivity contribution in [1.82, 2.24) is 5.32 Å². The number of carbonyl (C=O) groups is 1. The third-order valence-corrected chi connectivity index (χ3v) is 11.8. The molecule has 0 fully saturated rings. The van der Waals surface area contributed by atoms with Gasteiger partial charge in [-0.25, -0.2) is 0 Å². The van der Waals surface area contributed by atoms with E-state index in [-0.39, 0.29) is 18.9 Å². The van der Waals surface area contributed by atoms with Crippen LogP contribution >= 0.6 is 0 Å². The maximum atomic E-state index is 12.5. The van der Waals surface area contributed by atoms with Crippen molar-refractivity contribution in [2.24, 2.45) is 0 Å². The Labute approximate surface area is 350 Å². The van der Waals surface area contributed by atoms with E-state index in [1.165, 1.54) is 205 Å². The maximum absolute atomic E-state index is 12.5. The summed E-state index contributed by atoms with van der Waals surface area (Å²) in [6.07, 6.45) is 57.3. The molecular formula is C51H99NO4. The molecule has 0 aliphatic heterocycles. The second kappa shape index (κ2) is 46.5. The summed E-state index contributed by atoms with van der Waals surface area (Å²) in [5.41, 5.74) is 0. The Bertz CT molecular complexity index is 829. The van der Waals surface area contributed by atoms with Gasteiger partial charge >= 0.3 is 0 Å². The molecule has 4 N–H and O–H groups in total. The monoisotopic (exact) mass is 790 g/mol. The highest BCUT2D eigenvalue weighted by molar-refractivity contribution is 5.76. The molecule has 3 unspecified atom stereocenters. The number of hydrogen-bond donors (Lipinski definition) is 4. The quantitative estimate of drug-likeness (QED) is 0.0365. The van der Waals surface area contributed by atoms with Gasteiger partial charge in [0.05, 0.1) is 31.3 Å².